The molecule has 0 amide bonds. The molecule has 1 aliphatic carbocycles. The molecule has 0 radical (unpaired) electrons. The third-order valence-electron chi connectivity index (χ3n) is 6.53. The van der Waals surface area contributed by atoms with Crippen molar-refractivity contribution in [2.45, 2.75) is 40.0 Å². The van der Waals surface area contributed by atoms with E-state index in [1.165, 1.54) is 13.2 Å². The lowest BCUT2D eigenvalue weighted by molar-refractivity contribution is -0.386. The standard InChI is InChI=1S/C26H32N2O9S/c1-6-36-18-12-15(11-17(23(18)29)28(33)34)21-20(26(32)37-8-9-38-7-2)14(4)27-16-10-13(3)19(25(31)35-5)24(30)22(16)21/h11-13,19,21,27,29H,6-10H2,1-5H3/t13-,19-,21-/m0/s1. The molecule has 206 valence electrons. The molecule has 0 unspecified atom stereocenters. The second-order valence-corrected chi connectivity index (χ2v) is 10.3. The van der Waals surface area contributed by atoms with Crippen LogP contribution in [0.5, 0.6) is 11.5 Å². The van der Waals surface area contributed by atoms with Gasteiger partial charge < -0.3 is 24.6 Å². The van der Waals surface area contributed by atoms with Gasteiger partial charge in [-0.15, -0.1) is 0 Å². The number of ether oxygens (including phenoxy) is 3. The molecular formula is C26H32N2O9S. The molecule has 0 bridgehead atoms. The van der Waals surface area contributed by atoms with Crippen LogP contribution in [0.25, 0.3) is 0 Å². The molecule has 11 nitrogen and oxygen atoms in total. The number of benzene rings is 1. The number of thioether (sulfide) groups is 1. The normalized spacial score (nSPS) is 21.0. The molecule has 3 atom stereocenters. The van der Waals surface area contributed by atoms with Crippen LogP contribution in [0.15, 0.2) is 34.7 Å². The van der Waals surface area contributed by atoms with E-state index >= 15 is 0 Å². The number of phenolic OH excluding ortho intramolecular Hbond substituents is 1. The number of nitro benzene ring substituents is 1. The van der Waals surface area contributed by atoms with Crippen molar-refractivity contribution < 1.29 is 38.6 Å². The number of ketones is 1. The number of carbonyl (C=O) groups is 3. The lowest BCUT2D eigenvalue weighted by Gasteiger charge is -2.38. The summed E-state index contributed by atoms with van der Waals surface area (Å²) in [7, 11) is 1.20. The summed E-state index contributed by atoms with van der Waals surface area (Å²) in [5.41, 5.74) is 0.676. The van der Waals surface area contributed by atoms with Gasteiger partial charge in [0, 0.05) is 34.7 Å². The van der Waals surface area contributed by atoms with Crippen molar-refractivity contribution in [1.29, 1.82) is 0 Å². The molecule has 12 heteroatoms. The number of allylic oxidation sites excluding steroid dienone is 3. The summed E-state index contributed by atoms with van der Waals surface area (Å²) in [4.78, 5) is 50.8. The number of esters is 2. The first-order valence-electron chi connectivity index (χ1n) is 12.3. The number of aromatic hydroxyl groups is 1. The highest BCUT2D eigenvalue weighted by Crippen LogP contribution is 2.48. The molecule has 38 heavy (non-hydrogen) atoms. The molecule has 0 saturated carbocycles. The van der Waals surface area contributed by atoms with E-state index in [4.69, 9.17) is 14.2 Å². The maximum absolute atomic E-state index is 13.8. The number of nitrogens with zero attached hydrogens (tertiary/aromatic N) is 1. The van der Waals surface area contributed by atoms with E-state index in [2.05, 4.69) is 5.32 Å². The Morgan fingerprint density at radius 3 is 2.61 bits per heavy atom. The van der Waals surface area contributed by atoms with E-state index in [1.807, 2.05) is 6.92 Å². The van der Waals surface area contributed by atoms with Crippen LogP contribution in [-0.4, -0.2) is 59.6 Å². The van der Waals surface area contributed by atoms with Gasteiger partial charge in [0.1, 0.15) is 12.5 Å². The molecule has 2 aliphatic rings. The van der Waals surface area contributed by atoms with E-state index in [0.29, 0.717) is 23.6 Å². The predicted octanol–water partition coefficient (Wildman–Crippen LogP) is 3.61. The number of dihydropyridines is 1. The van der Waals surface area contributed by atoms with Gasteiger partial charge in [0.2, 0.25) is 5.75 Å². The summed E-state index contributed by atoms with van der Waals surface area (Å²) in [6.07, 6.45) is 0.308. The minimum absolute atomic E-state index is 0.0826. The average Bonchev–Trinajstić information content (AvgIpc) is 2.86. The monoisotopic (exact) mass is 548 g/mol. The Labute approximate surface area is 224 Å². The number of carbonyl (C=O) groups excluding carboxylic acids is 3. The zero-order valence-electron chi connectivity index (χ0n) is 22.0. The highest BCUT2D eigenvalue weighted by molar-refractivity contribution is 7.99. The Morgan fingerprint density at radius 2 is 2.00 bits per heavy atom. The number of Topliss-reactive ketones (excluding diaryl/α,β-unsaturated/α-hetero) is 1. The van der Waals surface area contributed by atoms with E-state index in [-0.39, 0.29) is 41.6 Å². The van der Waals surface area contributed by atoms with Crippen molar-refractivity contribution in [3.8, 4) is 11.5 Å². The van der Waals surface area contributed by atoms with Gasteiger partial charge in [-0.05, 0) is 43.6 Å². The first-order valence-corrected chi connectivity index (χ1v) is 13.4. The van der Waals surface area contributed by atoms with Crippen molar-refractivity contribution in [2.75, 3.05) is 31.8 Å². The molecule has 1 aromatic rings. The summed E-state index contributed by atoms with van der Waals surface area (Å²) in [6, 6.07) is 2.49. The Kier molecular flexibility index (Phi) is 9.42. The Balaban J connectivity index is 2.24. The lowest BCUT2D eigenvalue weighted by atomic mass is 9.69. The molecule has 0 aromatic heterocycles. The van der Waals surface area contributed by atoms with Crippen molar-refractivity contribution >= 4 is 35.2 Å². The van der Waals surface area contributed by atoms with Crippen LogP contribution < -0.4 is 10.1 Å². The second-order valence-electron chi connectivity index (χ2n) is 8.95. The third-order valence-corrected chi connectivity index (χ3v) is 7.40. The van der Waals surface area contributed by atoms with Crippen LogP contribution in [0.3, 0.4) is 0 Å². The van der Waals surface area contributed by atoms with E-state index in [1.54, 1.807) is 32.5 Å². The SMILES string of the molecule is CCOc1cc([C@H]2C(C(=O)OCCSCC)=C(C)NC3=C2C(=O)[C@@H](C(=O)OC)[C@@H](C)C3)cc([N+](=O)[O-])c1O. The average molecular weight is 549 g/mol. The molecule has 1 heterocycles. The minimum Gasteiger partial charge on any atom is -0.500 e. The minimum atomic E-state index is -1.11. The third kappa shape index (κ3) is 5.64. The van der Waals surface area contributed by atoms with Crippen molar-refractivity contribution in [1.82, 2.24) is 5.32 Å². The molecule has 0 saturated heterocycles. The maximum Gasteiger partial charge on any atom is 0.336 e. The molecule has 0 spiro atoms. The van der Waals surface area contributed by atoms with Gasteiger partial charge in [-0.2, -0.15) is 11.8 Å². The van der Waals surface area contributed by atoms with E-state index in [0.717, 1.165) is 11.8 Å². The van der Waals surface area contributed by atoms with Crippen molar-refractivity contribution in [3.63, 3.8) is 0 Å². The van der Waals surface area contributed by atoms with Crippen LogP contribution >= 0.6 is 11.8 Å². The summed E-state index contributed by atoms with van der Waals surface area (Å²) in [5.74, 6) is -3.96. The Morgan fingerprint density at radius 1 is 1.29 bits per heavy atom. The van der Waals surface area contributed by atoms with E-state index < -0.39 is 45.9 Å². The highest BCUT2D eigenvalue weighted by Gasteiger charge is 2.47. The quantitative estimate of drug-likeness (QED) is 0.145. The Bertz CT molecular complexity index is 1210. The van der Waals surface area contributed by atoms with Gasteiger partial charge in [0.15, 0.2) is 11.5 Å². The van der Waals surface area contributed by atoms with Crippen molar-refractivity contribution in [2.24, 2.45) is 11.8 Å². The number of nitrogens with one attached hydrogen (secondary N) is 1. The summed E-state index contributed by atoms with van der Waals surface area (Å²) in [5, 5.41) is 25.4. The van der Waals surface area contributed by atoms with Crippen LogP contribution in [0.4, 0.5) is 5.69 Å². The summed E-state index contributed by atoms with van der Waals surface area (Å²) in [6.45, 7) is 7.28. The van der Waals surface area contributed by atoms with E-state index in [9.17, 15) is 29.6 Å². The lowest BCUT2D eigenvalue weighted by Crippen LogP contribution is -2.43. The number of methoxy groups -OCH3 is 1. The molecule has 1 aromatic carbocycles. The van der Waals surface area contributed by atoms with Crippen LogP contribution in [0, 0.1) is 22.0 Å². The smallest absolute Gasteiger partial charge is 0.336 e. The van der Waals surface area contributed by atoms with Gasteiger partial charge in [0.05, 0.1) is 24.2 Å². The van der Waals surface area contributed by atoms with Gasteiger partial charge in [0.25, 0.3) is 0 Å². The zero-order chi connectivity index (χ0) is 28.1. The second kappa shape index (κ2) is 12.3. The summed E-state index contributed by atoms with van der Waals surface area (Å²) >= 11 is 1.59. The maximum atomic E-state index is 13.8. The van der Waals surface area contributed by atoms with Crippen molar-refractivity contribution in [3.05, 3.63) is 50.4 Å². The van der Waals surface area contributed by atoms with Crippen LogP contribution in [-0.2, 0) is 23.9 Å². The number of hydrogen-bond acceptors (Lipinski definition) is 11. The Hall–Kier alpha value is -3.54. The largest absolute Gasteiger partial charge is 0.500 e. The predicted molar refractivity (Wildman–Crippen MR) is 140 cm³/mol. The van der Waals surface area contributed by atoms with Gasteiger partial charge >= 0.3 is 17.6 Å². The van der Waals surface area contributed by atoms with Crippen LogP contribution in [0.2, 0.25) is 0 Å². The molecule has 3 rings (SSSR count). The fourth-order valence-corrected chi connectivity index (χ4v) is 5.37. The molecule has 1 aliphatic heterocycles. The fourth-order valence-electron chi connectivity index (χ4n) is 4.88. The number of phenols is 1. The van der Waals surface area contributed by atoms with Crippen LogP contribution in [0.1, 0.15) is 45.6 Å². The summed E-state index contributed by atoms with van der Waals surface area (Å²) < 4.78 is 15.9. The molecule has 2 N–H and O–H groups in total. The molecule has 0 fully saturated rings. The van der Waals surface area contributed by atoms with Gasteiger partial charge in [-0.1, -0.05) is 13.8 Å². The van der Waals surface area contributed by atoms with Gasteiger partial charge in [-0.25, -0.2) is 4.79 Å². The number of hydrogen-bond donors (Lipinski definition) is 2. The highest BCUT2D eigenvalue weighted by atomic mass is 32.2. The fraction of sp³-hybridized carbons (Fsp3) is 0.500. The molecular weight excluding hydrogens is 516 g/mol. The first kappa shape index (κ1) is 29.0. The van der Waals surface area contributed by atoms with Gasteiger partial charge in [-0.3, -0.25) is 19.7 Å². The number of rotatable bonds is 10. The number of nitro groups is 1. The topological polar surface area (TPSA) is 154 Å². The first-order chi connectivity index (χ1) is 18.1. The zero-order valence-corrected chi connectivity index (χ0v) is 22.8.